The molecule has 0 heterocycles. The number of primary amides is 1. The molecule has 1 aromatic carbocycles. The summed E-state index contributed by atoms with van der Waals surface area (Å²) in [6.45, 7) is 3.02. The van der Waals surface area contributed by atoms with Crippen molar-refractivity contribution in [1.82, 2.24) is 5.32 Å². The van der Waals surface area contributed by atoms with Crippen LogP contribution >= 0.6 is 0 Å². The fourth-order valence-electron chi connectivity index (χ4n) is 1.95. The van der Waals surface area contributed by atoms with Gasteiger partial charge < -0.3 is 16.8 Å². The first kappa shape index (κ1) is 21.4. The molecule has 0 aliphatic heterocycles. The third kappa shape index (κ3) is 5.99. The lowest BCUT2D eigenvalue weighted by Gasteiger charge is -2.22. The van der Waals surface area contributed by atoms with Gasteiger partial charge in [-0.3, -0.25) is 14.4 Å². The molecule has 1 aromatic rings. The summed E-state index contributed by atoms with van der Waals surface area (Å²) in [5.74, 6) is -4.20. The lowest BCUT2D eigenvalue weighted by Crippen LogP contribution is -2.54. The number of halogens is 2. The smallest absolute Gasteiger partial charge is 0.266 e. The van der Waals surface area contributed by atoms with Crippen LogP contribution in [-0.2, 0) is 20.8 Å². The number of nitrogens with one attached hydrogen (secondary N) is 1. The molecular formula is C17H22F2N4O3. The van der Waals surface area contributed by atoms with Gasteiger partial charge in [-0.15, -0.1) is 0 Å². The van der Waals surface area contributed by atoms with E-state index in [2.05, 4.69) is 10.3 Å². The van der Waals surface area contributed by atoms with Crippen molar-refractivity contribution in [1.29, 1.82) is 0 Å². The minimum absolute atomic E-state index is 0.0582. The lowest BCUT2D eigenvalue weighted by atomic mass is 10.0. The molecule has 0 saturated carbocycles. The maximum absolute atomic E-state index is 13.6. The second-order valence-corrected chi connectivity index (χ2v) is 6.16. The Morgan fingerprint density at radius 3 is 2.27 bits per heavy atom. The Balaban J connectivity index is 3.01. The predicted molar refractivity (Wildman–Crippen MR) is 92.2 cm³/mol. The van der Waals surface area contributed by atoms with Crippen molar-refractivity contribution in [2.75, 3.05) is 6.54 Å². The number of rotatable bonds is 8. The van der Waals surface area contributed by atoms with Gasteiger partial charge in [-0.1, -0.05) is 6.07 Å². The van der Waals surface area contributed by atoms with Gasteiger partial charge in [0, 0.05) is 5.56 Å². The first-order valence-electron chi connectivity index (χ1n) is 7.94. The van der Waals surface area contributed by atoms with Gasteiger partial charge >= 0.3 is 0 Å². The number of amides is 3. The molecule has 1 rings (SSSR count). The van der Waals surface area contributed by atoms with Crippen LogP contribution in [-0.4, -0.2) is 35.5 Å². The van der Waals surface area contributed by atoms with Crippen LogP contribution in [0.4, 0.5) is 8.78 Å². The van der Waals surface area contributed by atoms with Gasteiger partial charge in [0.05, 0.1) is 6.42 Å². The molecule has 0 spiro atoms. The number of aliphatic imine (C=N–C) groups is 1. The van der Waals surface area contributed by atoms with Crippen LogP contribution in [0.15, 0.2) is 23.2 Å². The van der Waals surface area contributed by atoms with Gasteiger partial charge in [-0.05, 0) is 45.4 Å². The average Bonchev–Trinajstić information content (AvgIpc) is 2.54. The van der Waals surface area contributed by atoms with E-state index in [4.69, 9.17) is 11.5 Å². The highest BCUT2D eigenvalue weighted by Crippen LogP contribution is 2.13. The SMILES string of the molecule is CC(C)(NC(=O)/C(CCCN)=N/C(=O)Cc1c(F)cccc1F)C(N)=O. The van der Waals surface area contributed by atoms with Crippen LogP contribution in [0.3, 0.4) is 0 Å². The monoisotopic (exact) mass is 368 g/mol. The van der Waals surface area contributed by atoms with Crippen molar-refractivity contribution in [3.63, 3.8) is 0 Å². The quantitative estimate of drug-likeness (QED) is 0.580. The summed E-state index contributed by atoms with van der Waals surface area (Å²) >= 11 is 0. The highest BCUT2D eigenvalue weighted by Gasteiger charge is 2.29. The Bertz CT molecular complexity index is 712. The minimum Gasteiger partial charge on any atom is -0.368 e. The molecule has 5 N–H and O–H groups in total. The van der Waals surface area contributed by atoms with Crippen LogP contribution < -0.4 is 16.8 Å². The van der Waals surface area contributed by atoms with Gasteiger partial charge in [-0.25, -0.2) is 13.8 Å². The number of benzene rings is 1. The highest BCUT2D eigenvalue weighted by molar-refractivity contribution is 6.40. The number of hydrogen-bond acceptors (Lipinski definition) is 4. The van der Waals surface area contributed by atoms with E-state index in [0.29, 0.717) is 6.42 Å². The van der Waals surface area contributed by atoms with Crippen molar-refractivity contribution >= 4 is 23.4 Å². The summed E-state index contributed by atoms with van der Waals surface area (Å²) < 4.78 is 27.3. The van der Waals surface area contributed by atoms with E-state index in [1.807, 2.05) is 0 Å². The molecule has 26 heavy (non-hydrogen) atoms. The van der Waals surface area contributed by atoms with Crippen LogP contribution in [0.1, 0.15) is 32.3 Å². The van der Waals surface area contributed by atoms with Crippen molar-refractivity contribution in [3.05, 3.63) is 35.4 Å². The minimum atomic E-state index is -1.36. The molecule has 0 aliphatic rings. The van der Waals surface area contributed by atoms with Gasteiger partial charge in [0.15, 0.2) is 0 Å². The zero-order valence-corrected chi connectivity index (χ0v) is 14.6. The summed E-state index contributed by atoms with van der Waals surface area (Å²) in [4.78, 5) is 39.4. The van der Waals surface area contributed by atoms with Crippen molar-refractivity contribution < 1.29 is 23.2 Å². The molecule has 142 valence electrons. The second-order valence-electron chi connectivity index (χ2n) is 6.16. The summed E-state index contributed by atoms with van der Waals surface area (Å²) in [5, 5.41) is 2.37. The van der Waals surface area contributed by atoms with Gasteiger partial charge in [0.2, 0.25) is 5.91 Å². The van der Waals surface area contributed by atoms with E-state index >= 15 is 0 Å². The number of carbonyl (C=O) groups is 3. The van der Waals surface area contributed by atoms with Crippen LogP contribution in [0, 0.1) is 11.6 Å². The Kier molecular flexibility index (Phi) is 7.51. The zero-order valence-electron chi connectivity index (χ0n) is 14.6. The molecule has 7 nitrogen and oxygen atoms in total. The van der Waals surface area contributed by atoms with E-state index in [9.17, 15) is 23.2 Å². The molecule has 0 saturated heterocycles. The Morgan fingerprint density at radius 2 is 1.77 bits per heavy atom. The van der Waals surface area contributed by atoms with Crippen LogP contribution in [0.5, 0.6) is 0 Å². The highest BCUT2D eigenvalue weighted by atomic mass is 19.1. The summed E-state index contributed by atoms with van der Waals surface area (Å²) in [6.07, 6.45) is -0.232. The Labute approximate surface area is 149 Å². The molecular weight excluding hydrogens is 346 g/mol. The third-order valence-corrected chi connectivity index (χ3v) is 3.57. The van der Waals surface area contributed by atoms with Crippen molar-refractivity contribution in [2.24, 2.45) is 16.5 Å². The first-order valence-corrected chi connectivity index (χ1v) is 7.94. The topological polar surface area (TPSA) is 128 Å². The molecule has 0 atom stereocenters. The van der Waals surface area contributed by atoms with Crippen molar-refractivity contribution in [3.8, 4) is 0 Å². The zero-order chi connectivity index (χ0) is 19.9. The molecule has 0 aromatic heterocycles. The summed E-state index contributed by atoms with van der Waals surface area (Å²) in [5.41, 5.74) is 8.61. The largest absolute Gasteiger partial charge is 0.368 e. The first-order chi connectivity index (χ1) is 12.1. The predicted octanol–water partition coefficient (Wildman–Crippen LogP) is 0.594. The van der Waals surface area contributed by atoms with E-state index < -0.39 is 46.9 Å². The molecule has 0 fully saturated rings. The number of nitrogens with two attached hydrogens (primary N) is 2. The van der Waals surface area contributed by atoms with Crippen LogP contribution in [0.2, 0.25) is 0 Å². The standard InChI is InChI=1S/C17H22F2N4O3/c1-17(2,16(21)26)23-15(25)13(7-4-8-20)22-14(24)9-10-11(18)5-3-6-12(10)19/h3,5-6H,4,7-9,20H2,1-2H3,(H2,21,26)(H,23,25)/b22-13+. The fraction of sp³-hybridized carbons (Fsp3) is 0.412. The van der Waals surface area contributed by atoms with E-state index in [0.717, 1.165) is 12.1 Å². The second kappa shape index (κ2) is 9.14. The van der Waals surface area contributed by atoms with Gasteiger partial charge in [0.1, 0.15) is 22.9 Å². The molecule has 0 aliphatic carbocycles. The molecule has 0 unspecified atom stereocenters. The maximum atomic E-state index is 13.6. The maximum Gasteiger partial charge on any atom is 0.266 e. The van der Waals surface area contributed by atoms with Gasteiger partial charge in [-0.2, -0.15) is 0 Å². The molecule has 9 heteroatoms. The normalized spacial score (nSPS) is 12.0. The molecule has 0 radical (unpaired) electrons. The average molecular weight is 368 g/mol. The van der Waals surface area contributed by atoms with E-state index in [1.54, 1.807) is 0 Å². The van der Waals surface area contributed by atoms with Gasteiger partial charge in [0.25, 0.3) is 11.8 Å². The van der Waals surface area contributed by atoms with Crippen LogP contribution in [0.25, 0.3) is 0 Å². The molecule has 3 amide bonds. The number of hydrogen-bond donors (Lipinski definition) is 3. The Hall–Kier alpha value is -2.68. The van der Waals surface area contributed by atoms with Crippen molar-refractivity contribution in [2.45, 2.75) is 38.6 Å². The summed E-state index contributed by atoms with van der Waals surface area (Å²) in [6, 6.07) is 3.22. The Morgan fingerprint density at radius 1 is 1.19 bits per heavy atom. The van der Waals surface area contributed by atoms with E-state index in [1.165, 1.54) is 19.9 Å². The number of carbonyl (C=O) groups excluding carboxylic acids is 3. The lowest BCUT2D eigenvalue weighted by molar-refractivity contribution is -0.127. The summed E-state index contributed by atoms with van der Waals surface area (Å²) in [7, 11) is 0. The third-order valence-electron chi connectivity index (χ3n) is 3.57. The number of nitrogens with zero attached hydrogens (tertiary/aromatic N) is 1. The molecule has 0 bridgehead atoms. The van der Waals surface area contributed by atoms with E-state index in [-0.39, 0.29) is 18.7 Å². The fourth-order valence-corrected chi connectivity index (χ4v) is 1.95.